The standard InChI is InChI=1S/C18H22N2O4S/c1-3-20-25(22,23)17-12-15(10-11-16(17)24-4-2)18(21)19-13-14-8-6-5-7-9-14/h5-12,20H,3-4,13H2,1-2H3,(H,19,21). The van der Waals surface area contributed by atoms with Crippen LogP contribution in [0, 0.1) is 0 Å². The Morgan fingerprint density at radius 2 is 1.80 bits per heavy atom. The minimum atomic E-state index is -3.74. The van der Waals surface area contributed by atoms with Crippen LogP contribution < -0.4 is 14.8 Å². The molecule has 0 saturated carbocycles. The van der Waals surface area contributed by atoms with Crippen LogP contribution in [0.3, 0.4) is 0 Å². The zero-order chi connectivity index (χ0) is 18.3. The van der Waals surface area contributed by atoms with Crippen molar-refractivity contribution in [1.29, 1.82) is 0 Å². The summed E-state index contributed by atoms with van der Waals surface area (Å²) in [5.41, 5.74) is 1.22. The summed E-state index contributed by atoms with van der Waals surface area (Å²) in [5.74, 6) is -0.122. The minimum absolute atomic E-state index is 0.0384. The quantitative estimate of drug-likeness (QED) is 0.755. The summed E-state index contributed by atoms with van der Waals surface area (Å²) in [4.78, 5) is 12.3. The Hall–Kier alpha value is -2.38. The van der Waals surface area contributed by atoms with Crippen LogP contribution in [0.5, 0.6) is 5.75 Å². The highest BCUT2D eigenvalue weighted by molar-refractivity contribution is 7.89. The largest absolute Gasteiger partial charge is 0.492 e. The maximum absolute atomic E-state index is 12.4. The van der Waals surface area contributed by atoms with E-state index in [1.165, 1.54) is 12.1 Å². The summed E-state index contributed by atoms with van der Waals surface area (Å²) >= 11 is 0. The van der Waals surface area contributed by atoms with Crippen molar-refractivity contribution in [2.45, 2.75) is 25.3 Å². The number of rotatable bonds is 8. The number of amides is 1. The van der Waals surface area contributed by atoms with Crippen molar-refractivity contribution in [2.75, 3.05) is 13.2 Å². The highest BCUT2D eigenvalue weighted by atomic mass is 32.2. The highest BCUT2D eigenvalue weighted by Gasteiger charge is 2.21. The molecule has 2 aromatic rings. The molecule has 0 aromatic heterocycles. The number of carbonyl (C=O) groups excluding carboxylic acids is 1. The Balaban J connectivity index is 2.24. The van der Waals surface area contributed by atoms with Gasteiger partial charge in [0.25, 0.3) is 5.91 Å². The van der Waals surface area contributed by atoms with E-state index in [9.17, 15) is 13.2 Å². The SMILES string of the molecule is CCNS(=O)(=O)c1cc(C(=O)NCc2ccccc2)ccc1OCC. The lowest BCUT2D eigenvalue weighted by atomic mass is 10.2. The number of sulfonamides is 1. The van der Waals surface area contributed by atoms with Gasteiger partial charge in [-0.1, -0.05) is 37.3 Å². The topological polar surface area (TPSA) is 84.5 Å². The van der Waals surface area contributed by atoms with E-state index in [2.05, 4.69) is 10.0 Å². The van der Waals surface area contributed by atoms with Crippen molar-refractivity contribution in [1.82, 2.24) is 10.0 Å². The van der Waals surface area contributed by atoms with Gasteiger partial charge in [0.05, 0.1) is 6.61 Å². The monoisotopic (exact) mass is 362 g/mol. The smallest absolute Gasteiger partial charge is 0.251 e. The van der Waals surface area contributed by atoms with Crippen LogP contribution in [0.25, 0.3) is 0 Å². The maximum atomic E-state index is 12.4. The molecular formula is C18H22N2O4S. The first-order valence-electron chi connectivity index (χ1n) is 8.06. The number of hydrogen-bond donors (Lipinski definition) is 2. The second-order valence-corrected chi connectivity index (χ2v) is 7.00. The molecule has 0 bridgehead atoms. The van der Waals surface area contributed by atoms with Crippen LogP contribution in [-0.2, 0) is 16.6 Å². The fourth-order valence-corrected chi connectivity index (χ4v) is 3.49. The number of benzene rings is 2. The maximum Gasteiger partial charge on any atom is 0.251 e. The fourth-order valence-electron chi connectivity index (χ4n) is 2.28. The summed E-state index contributed by atoms with van der Waals surface area (Å²) in [7, 11) is -3.74. The first-order chi connectivity index (χ1) is 12.0. The normalized spacial score (nSPS) is 11.1. The van der Waals surface area contributed by atoms with Gasteiger partial charge in [0.2, 0.25) is 10.0 Å². The van der Waals surface area contributed by atoms with Gasteiger partial charge in [-0.2, -0.15) is 0 Å². The van der Waals surface area contributed by atoms with Gasteiger partial charge in [0.1, 0.15) is 10.6 Å². The molecule has 0 fully saturated rings. The van der Waals surface area contributed by atoms with Crippen molar-refractivity contribution < 1.29 is 17.9 Å². The van der Waals surface area contributed by atoms with Crippen molar-refractivity contribution in [3.63, 3.8) is 0 Å². The van der Waals surface area contributed by atoms with E-state index in [1.807, 2.05) is 30.3 Å². The molecule has 0 aliphatic heterocycles. The van der Waals surface area contributed by atoms with Crippen molar-refractivity contribution >= 4 is 15.9 Å². The Labute approximate surface area is 148 Å². The van der Waals surface area contributed by atoms with Gasteiger partial charge in [-0.25, -0.2) is 13.1 Å². The molecule has 134 valence electrons. The van der Waals surface area contributed by atoms with Crippen molar-refractivity contribution in [3.8, 4) is 5.75 Å². The Bertz CT molecular complexity index is 820. The second-order valence-electron chi connectivity index (χ2n) is 5.26. The van der Waals surface area contributed by atoms with Crippen LogP contribution in [-0.4, -0.2) is 27.5 Å². The Kier molecular flexibility index (Phi) is 6.55. The predicted octanol–water partition coefficient (Wildman–Crippen LogP) is 2.31. The van der Waals surface area contributed by atoms with E-state index in [4.69, 9.17) is 4.74 Å². The lowest BCUT2D eigenvalue weighted by Crippen LogP contribution is -2.26. The summed E-state index contributed by atoms with van der Waals surface area (Å²) in [6, 6.07) is 13.9. The molecule has 0 heterocycles. The van der Waals surface area contributed by atoms with E-state index >= 15 is 0 Å². The zero-order valence-corrected chi connectivity index (χ0v) is 15.1. The molecule has 2 N–H and O–H groups in total. The molecule has 0 saturated heterocycles. The Morgan fingerprint density at radius 3 is 2.44 bits per heavy atom. The molecule has 0 atom stereocenters. The second kappa shape index (κ2) is 8.64. The molecule has 0 radical (unpaired) electrons. The molecule has 0 aliphatic rings. The van der Waals surface area contributed by atoms with E-state index < -0.39 is 10.0 Å². The molecule has 0 spiro atoms. The molecule has 2 aromatic carbocycles. The van der Waals surface area contributed by atoms with E-state index in [1.54, 1.807) is 19.9 Å². The molecule has 0 unspecified atom stereocenters. The van der Waals surface area contributed by atoms with Gasteiger partial charge in [0.15, 0.2) is 0 Å². The molecule has 6 nitrogen and oxygen atoms in total. The highest BCUT2D eigenvalue weighted by Crippen LogP contribution is 2.25. The third kappa shape index (κ3) is 5.04. The van der Waals surface area contributed by atoms with E-state index in [0.717, 1.165) is 5.56 Å². The van der Waals surface area contributed by atoms with Crippen molar-refractivity contribution in [3.05, 3.63) is 59.7 Å². The molecule has 1 amide bonds. The van der Waals surface area contributed by atoms with Gasteiger partial charge in [-0.05, 0) is 30.7 Å². The van der Waals surface area contributed by atoms with Crippen LogP contribution in [0.1, 0.15) is 29.8 Å². The molecule has 0 aliphatic carbocycles. The van der Waals surface area contributed by atoms with Gasteiger partial charge in [-0.3, -0.25) is 4.79 Å². The molecule has 2 rings (SSSR count). The van der Waals surface area contributed by atoms with Crippen LogP contribution in [0.2, 0.25) is 0 Å². The van der Waals surface area contributed by atoms with Crippen molar-refractivity contribution in [2.24, 2.45) is 0 Å². The third-order valence-corrected chi connectivity index (χ3v) is 4.99. The molecule has 7 heteroatoms. The Morgan fingerprint density at radius 1 is 1.08 bits per heavy atom. The molecular weight excluding hydrogens is 340 g/mol. The van der Waals surface area contributed by atoms with Gasteiger partial charge < -0.3 is 10.1 Å². The predicted molar refractivity (Wildman–Crippen MR) is 96.1 cm³/mol. The number of hydrogen-bond acceptors (Lipinski definition) is 4. The first kappa shape index (κ1) is 19.0. The van der Waals surface area contributed by atoms with E-state index in [-0.39, 0.29) is 28.7 Å². The number of carbonyl (C=O) groups is 1. The molecule has 25 heavy (non-hydrogen) atoms. The number of ether oxygens (including phenoxy) is 1. The van der Waals surface area contributed by atoms with Gasteiger partial charge in [-0.15, -0.1) is 0 Å². The van der Waals surface area contributed by atoms with Crippen LogP contribution >= 0.6 is 0 Å². The van der Waals surface area contributed by atoms with Gasteiger partial charge >= 0.3 is 0 Å². The van der Waals surface area contributed by atoms with Gasteiger partial charge in [0, 0.05) is 18.7 Å². The summed E-state index contributed by atoms with van der Waals surface area (Å²) in [6.45, 7) is 4.40. The lowest BCUT2D eigenvalue weighted by Gasteiger charge is -2.13. The fraction of sp³-hybridized carbons (Fsp3) is 0.278. The third-order valence-electron chi connectivity index (χ3n) is 3.43. The van der Waals surface area contributed by atoms with E-state index in [0.29, 0.717) is 13.2 Å². The van der Waals surface area contributed by atoms with Crippen LogP contribution in [0.4, 0.5) is 0 Å². The first-order valence-corrected chi connectivity index (χ1v) is 9.55. The summed E-state index contributed by atoms with van der Waals surface area (Å²) in [6.07, 6.45) is 0. The number of nitrogens with one attached hydrogen (secondary N) is 2. The average molecular weight is 362 g/mol. The van der Waals surface area contributed by atoms with Crippen LogP contribution in [0.15, 0.2) is 53.4 Å². The lowest BCUT2D eigenvalue weighted by molar-refractivity contribution is 0.0950. The zero-order valence-electron chi connectivity index (χ0n) is 14.3. The average Bonchev–Trinajstić information content (AvgIpc) is 2.61. The summed E-state index contributed by atoms with van der Waals surface area (Å²) in [5, 5.41) is 2.78. The minimum Gasteiger partial charge on any atom is -0.492 e. The summed E-state index contributed by atoms with van der Waals surface area (Å²) < 4.78 is 32.5.